The molecule has 0 atom stereocenters. The van der Waals surface area contributed by atoms with Gasteiger partial charge in [-0.25, -0.2) is 4.39 Å². The highest BCUT2D eigenvalue weighted by Gasteiger charge is 2.54. The molecule has 3 aliphatic heterocycles. The minimum absolute atomic E-state index is 0.0156. The number of aliphatic imine (C=N–C) groups is 1. The predicted octanol–water partition coefficient (Wildman–Crippen LogP) is 5.75. The first-order chi connectivity index (χ1) is 19.0. The van der Waals surface area contributed by atoms with Gasteiger partial charge < -0.3 is 9.80 Å². The Bertz CT molecular complexity index is 1710. The van der Waals surface area contributed by atoms with Gasteiger partial charge in [0, 0.05) is 59.0 Å². The minimum Gasteiger partial charge on any atom is -0.338 e. The Labute approximate surface area is 236 Å². The molecule has 5 heterocycles. The summed E-state index contributed by atoms with van der Waals surface area (Å²) in [6.07, 6.45) is 8.51. The van der Waals surface area contributed by atoms with Crippen molar-refractivity contribution in [2.24, 2.45) is 10.4 Å². The molecular weight excluding hydrogens is 529 g/mol. The highest BCUT2D eigenvalue weighted by Crippen LogP contribution is 2.55. The maximum absolute atomic E-state index is 15.5. The molecule has 0 unspecified atom stereocenters. The first kappa shape index (κ1) is 25.3. The SMILES string of the molecule is C=CC(=O)N1CC2(CC(n3nc(C4=CN5CC(C)(C)N=C5C(F)=C4)c(-c4c(Cl)c(C)cc5[nH]ncc45)c3C)C2)C1. The van der Waals surface area contributed by atoms with Crippen LogP contribution in [0.2, 0.25) is 5.02 Å². The fourth-order valence-corrected chi connectivity index (χ4v) is 7.20. The molecule has 2 fully saturated rings. The number of nitrogens with one attached hydrogen (secondary N) is 1. The monoisotopic (exact) mass is 559 g/mol. The maximum atomic E-state index is 15.5. The lowest BCUT2D eigenvalue weighted by molar-refractivity contribution is -0.149. The van der Waals surface area contributed by atoms with E-state index in [1.807, 2.05) is 42.8 Å². The van der Waals surface area contributed by atoms with Crippen LogP contribution in [-0.2, 0) is 4.79 Å². The van der Waals surface area contributed by atoms with Gasteiger partial charge in [0.25, 0.3) is 0 Å². The number of allylic oxidation sites excluding steroid dienone is 2. The number of hydrogen-bond acceptors (Lipinski definition) is 5. The van der Waals surface area contributed by atoms with Crippen LogP contribution in [0.5, 0.6) is 0 Å². The maximum Gasteiger partial charge on any atom is 0.245 e. The summed E-state index contributed by atoms with van der Waals surface area (Å²) < 4.78 is 17.5. The van der Waals surface area contributed by atoms with Crippen molar-refractivity contribution in [2.45, 2.75) is 52.1 Å². The quantitative estimate of drug-likeness (QED) is 0.413. The summed E-state index contributed by atoms with van der Waals surface area (Å²) in [6, 6.07) is 2.17. The highest BCUT2D eigenvalue weighted by molar-refractivity contribution is 6.36. The largest absolute Gasteiger partial charge is 0.338 e. The smallest absolute Gasteiger partial charge is 0.245 e. The first-order valence-corrected chi connectivity index (χ1v) is 14.0. The van der Waals surface area contributed by atoms with E-state index in [1.165, 1.54) is 12.2 Å². The Balaban J connectivity index is 1.34. The standard InChI is InChI=1S/C30H31ClFN7O/c1-6-23(40)38-14-30(15-38)9-19(10-30)39-17(3)24(25-20-11-33-35-22(20)7-16(2)26(25)31)27(36-39)18-8-21(32)28-34-29(4,5)13-37(28)12-18/h6-8,11-12,19H,1,9-10,13-15H2,2-5H3,(H,33,35). The van der Waals surface area contributed by atoms with Crippen molar-refractivity contribution in [3.63, 3.8) is 0 Å². The van der Waals surface area contributed by atoms with Crippen LogP contribution in [0.3, 0.4) is 0 Å². The van der Waals surface area contributed by atoms with Crippen molar-refractivity contribution in [3.05, 3.63) is 65.0 Å². The lowest BCUT2D eigenvalue weighted by atomic mass is 9.60. The number of rotatable bonds is 4. The molecule has 4 aliphatic rings. The molecule has 1 aromatic carbocycles. The van der Waals surface area contributed by atoms with E-state index in [1.54, 1.807) is 6.20 Å². The zero-order valence-corrected chi connectivity index (χ0v) is 23.8. The number of halogens is 2. The van der Waals surface area contributed by atoms with Crippen molar-refractivity contribution in [1.82, 2.24) is 29.8 Å². The van der Waals surface area contributed by atoms with Gasteiger partial charge in [-0.05, 0) is 64.3 Å². The van der Waals surface area contributed by atoms with Crippen LogP contribution in [0.4, 0.5) is 4.39 Å². The molecule has 7 rings (SSSR count). The van der Waals surface area contributed by atoms with Crippen LogP contribution < -0.4 is 0 Å². The highest BCUT2D eigenvalue weighted by atomic mass is 35.5. The average molecular weight is 560 g/mol. The number of nitrogens with zero attached hydrogens (tertiary/aromatic N) is 6. The fourth-order valence-electron chi connectivity index (χ4n) is 6.95. The van der Waals surface area contributed by atoms with Crippen molar-refractivity contribution in [1.29, 1.82) is 0 Å². The van der Waals surface area contributed by atoms with Gasteiger partial charge in [-0.2, -0.15) is 10.2 Å². The Morgan fingerprint density at radius 3 is 2.70 bits per heavy atom. The van der Waals surface area contributed by atoms with E-state index in [4.69, 9.17) is 16.7 Å². The summed E-state index contributed by atoms with van der Waals surface area (Å²) in [5, 5.41) is 14.0. The number of amides is 1. The second-order valence-corrected chi connectivity index (χ2v) is 12.8. The van der Waals surface area contributed by atoms with Gasteiger partial charge in [-0.15, -0.1) is 0 Å². The molecule has 1 saturated carbocycles. The number of likely N-dealkylation sites (tertiary alicyclic amines) is 1. The van der Waals surface area contributed by atoms with Crippen molar-refractivity contribution >= 4 is 39.8 Å². The third-order valence-electron chi connectivity index (χ3n) is 8.79. The molecule has 1 amide bonds. The third-order valence-corrected chi connectivity index (χ3v) is 9.28. The number of H-pyrrole nitrogens is 1. The number of fused-ring (bicyclic) bond motifs is 2. The van der Waals surface area contributed by atoms with E-state index in [0.717, 1.165) is 59.2 Å². The lowest BCUT2D eigenvalue weighted by Gasteiger charge is -2.58. The number of benzene rings is 1. The van der Waals surface area contributed by atoms with Crippen LogP contribution in [0.25, 0.3) is 27.6 Å². The molecule has 1 spiro atoms. The number of carbonyl (C=O) groups is 1. The average Bonchev–Trinajstić information content (AvgIpc) is 3.53. The van der Waals surface area contributed by atoms with Gasteiger partial charge in [0.2, 0.25) is 5.91 Å². The Hall–Kier alpha value is -3.72. The fraction of sp³-hybridized carbons (Fsp3) is 0.400. The van der Waals surface area contributed by atoms with E-state index in [0.29, 0.717) is 28.7 Å². The number of aromatic amines is 1. The zero-order valence-electron chi connectivity index (χ0n) is 23.1. The van der Waals surface area contributed by atoms with Crippen LogP contribution in [0.15, 0.2) is 48.0 Å². The Morgan fingerprint density at radius 2 is 1.98 bits per heavy atom. The van der Waals surface area contributed by atoms with E-state index in [9.17, 15) is 4.79 Å². The Kier molecular flexibility index (Phi) is 5.30. The van der Waals surface area contributed by atoms with E-state index >= 15 is 4.39 Å². The third kappa shape index (κ3) is 3.63. The van der Waals surface area contributed by atoms with Crippen LogP contribution >= 0.6 is 11.6 Å². The summed E-state index contributed by atoms with van der Waals surface area (Å²) in [7, 11) is 0. The normalized spacial score (nSPS) is 21.1. The number of carbonyl (C=O) groups excluding carboxylic acids is 1. The molecule has 206 valence electrons. The molecular formula is C30H31ClFN7O. The lowest BCUT2D eigenvalue weighted by Crippen LogP contribution is -2.63. The minimum atomic E-state index is -0.378. The predicted molar refractivity (Wildman–Crippen MR) is 155 cm³/mol. The molecule has 10 heteroatoms. The number of amidine groups is 1. The molecule has 3 aromatic rings. The van der Waals surface area contributed by atoms with E-state index in [-0.39, 0.29) is 28.7 Å². The molecule has 40 heavy (non-hydrogen) atoms. The van der Waals surface area contributed by atoms with E-state index < -0.39 is 0 Å². The van der Waals surface area contributed by atoms with Crippen molar-refractivity contribution in [3.8, 4) is 11.1 Å². The molecule has 1 saturated heterocycles. The summed E-state index contributed by atoms with van der Waals surface area (Å²) >= 11 is 7.01. The van der Waals surface area contributed by atoms with Gasteiger partial charge in [-0.1, -0.05) is 18.2 Å². The van der Waals surface area contributed by atoms with Gasteiger partial charge >= 0.3 is 0 Å². The van der Waals surface area contributed by atoms with Gasteiger partial charge in [0.1, 0.15) is 5.69 Å². The van der Waals surface area contributed by atoms with Crippen molar-refractivity contribution < 1.29 is 9.18 Å². The summed E-state index contributed by atoms with van der Waals surface area (Å²) in [4.78, 5) is 20.3. The van der Waals surface area contributed by atoms with Gasteiger partial charge in [0.15, 0.2) is 11.7 Å². The number of aromatic nitrogens is 4. The number of hydrogen-bond donors (Lipinski definition) is 1. The number of aryl methyl sites for hydroxylation is 1. The van der Waals surface area contributed by atoms with Crippen LogP contribution in [0.1, 0.15) is 49.7 Å². The summed E-state index contributed by atoms with van der Waals surface area (Å²) in [6.45, 7) is 13.7. The van der Waals surface area contributed by atoms with Crippen LogP contribution in [-0.4, -0.2) is 66.7 Å². The topological polar surface area (TPSA) is 82.4 Å². The zero-order chi connectivity index (χ0) is 28.1. The van der Waals surface area contributed by atoms with Gasteiger partial charge in [-0.3, -0.25) is 19.6 Å². The first-order valence-electron chi connectivity index (χ1n) is 13.6. The molecule has 1 aliphatic carbocycles. The summed E-state index contributed by atoms with van der Waals surface area (Å²) in [5.74, 6) is -0.0194. The van der Waals surface area contributed by atoms with Crippen LogP contribution in [0, 0.1) is 19.3 Å². The molecule has 0 bridgehead atoms. The molecule has 8 nitrogen and oxygen atoms in total. The Morgan fingerprint density at radius 1 is 1.23 bits per heavy atom. The second-order valence-electron chi connectivity index (χ2n) is 12.4. The van der Waals surface area contributed by atoms with Gasteiger partial charge in [0.05, 0.1) is 28.3 Å². The van der Waals surface area contributed by atoms with E-state index in [2.05, 4.69) is 33.4 Å². The molecule has 1 N–H and O–H groups in total. The molecule has 2 aromatic heterocycles. The summed E-state index contributed by atoms with van der Waals surface area (Å²) in [5.41, 5.74) is 5.62. The second kappa shape index (κ2) is 8.39. The molecule has 0 radical (unpaired) electrons. The van der Waals surface area contributed by atoms with Crippen molar-refractivity contribution in [2.75, 3.05) is 19.6 Å².